The molecule has 3 rings (SSSR count). The van der Waals surface area contributed by atoms with Crippen LogP contribution in [0.15, 0.2) is 48.5 Å². The zero-order chi connectivity index (χ0) is 19.2. The van der Waals surface area contributed by atoms with Gasteiger partial charge in [-0.25, -0.2) is 4.79 Å². The number of nitro groups is 1. The molecule has 0 saturated carbocycles. The monoisotopic (exact) mass is 369 g/mol. The molecule has 0 bridgehead atoms. The van der Waals surface area contributed by atoms with Crippen LogP contribution >= 0.6 is 0 Å². The highest BCUT2D eigenvalue weighted by Crippen LogP contribution is 2.31. The quantitative estimate of drug-likeness (QED) is 0.477. The Morgan fingerprint density at radius 3 is 2.48 bits per heavy atom. The highest BCUT2D eigenvalue weighted by molar-refractivity contribution is 5.96. The number of hydrogen-bond acceptors (Lipinski definition) is 6. The van der Waals surface area contributed by atoms with E-state index in [-0.39, 0.29) is 11.3 Å². The molecular formula is C19H19N3O5. The topological polar surface area (TPSA) is 102 Å². The molecule has 140 valence electrons. The lowest BCUT2D eigenvalue weighted by Crippen LogP contribution is -2.21. The normalized spacial score (nSPS) is 13.3. The minimum atomic E-state index is -0.783. The lowest BCUT2D eigenvalue weighted by Gasteiger charge is -2.17. The molecule has 0 spiro atoms. The van der Waals surface area contributed by atoms with E-state index < -0.39 is 23.4 Å². The summed E-state index contributed by atoms with van der Waals surface area (Å²) in [6, 6.07) is 13.0. The van der Waals surface area contributed by atoms with Gasteiger partial charge in [-0.2, -0.15) is 0 Å². The first-order chi connectivity index (χ1) is 13.0. The van der Waals surface area contributed by atoms with Crippen LogP contribution < -0.4 is 10.2 Å². The number of para-hydroxylation sites is 1. The summed E-state index contributed by atoms with van der Waals surface area (Å²) in [6.45, 7) is 1.03. The number of ether oxygens (including phenoxy) is 1. The van der Waals surface area contributed by atoms with Gasteiger partial charge in [0.05, 0.1) is 10.5 Å². The van der Waals surface area contributed by atoms with Gasteiger partial charge >= 0.3 is 5.97 Å². The van der Waals surface area contributed by atoms with Gasteiger partial charge in [-0.3, -0.25) is 14.9 Å². The van der Waals surface area contributed by atoms with Crippen molar-refractivity contribution in [2.24, 2.45) is 0 Å². The lowest BCUT2D eigenvalue weighted by atomic mass is 10.1. The molecule has 27 heavy (non-hydrogen) atoms. The lowest BCUT2D eigenvalue weighted by molar-refractivity contribution is -0.384. The third-order valence-electron chi connectivity index (χ3n) is 4.25. The molecule has 1 aliphatic rings. The van der Waals surface area contributed by atoms with Gasteiger partial charge in [-0.1, -0.05) is 18.2 Å². The van der Waals surface area contributed by atoms with Gasteiger partial charge in [0.25, 0.3) is 11.6 Å². The second-order valence-electron chi connectivity index (χ2n) is 6.15. The molecule has 2 aromatic carbocycles. The summed E-state index contributed by atoms with van der Waals surface area (Å²) >= 11 is 0. The predicted molar refractivity (Wildman–Crippen MR) is 99.9 cm³/mol. The van der Waals surface area contributed by atoms with Crippen LogP contribution in [0.4, 0.5) is 17.1 Å². The van der Waals surface area contributed by atoms with E-state index >= 15 is 0 Å². The molecule has 0 aliphatic carbocycles. The predicted octanol–water partition coefficient (Wildman–Crippen LogP) is 2.99. The minimum Gasteiger partial charge on any atom is -0.452 e. The molecule has 8 heteroatoms. The fourth-order valence-electron chi connectivity index (χ4n) is 2.96. The number of esters is 1. The number of nitrogens with zero attached hydrogens (tertiary/aromatic N) is 2. The zero-order valence-corrected chi connectivity index (χ0v) is 14.6. The number of carbonyl (C=O) groups is 2. The Labute approximate surface area is 155 Å². The molecule has 1 amide bonds. The SMILES string of the molecule is O=C(COC(=O)c1ccc(N2CCCC2)c([N+](=O)[O-])c1)Nc1ccccc1. The maximum atomic E-state index is 12.2. The number of anilines is 2. The Bertz CT molecular complexity index is 848. The van der Waals surface area contributed by atoms with Gasteiger partial charge in [0.1, 0.15) is 5.69 Å². The summed E-state index contributed by atoms with van der Waals surface area (Å²) in [6.07, 6.45) is 1.97. The third-order valence-corrected chi connectivity index (χ3v) is 4.25. The summed E-state index contributed by atoms with van der Waals surface area (Å²) in [4.78, 5) is 36.8. The van der Waals surface area contributed by atoms with Crippen molar-refractivity contribution >= 4 is 28.9 Å². The maximum Gasteiger partial charge on any atom is 0.338 e. The van der Waals surface area contributed by atoms with E-state index in [1.54, 1.807) is 30.3 Å². The molecule has 0 atom stereocenters. The van der Waals surface area contributed by atoms with E-state index in [1.165, 1.54) is 12.1 Å². The van der Waals surface area contributed by atoms with Crippen molar-refractivity contribution in [2.45, 2.75) is 12.8 Å². The average Bonchev–Trinajstić information content (AvgIpc) is 3.21. The van der Waals surface area contributed by atoms with Crippen LogP contribution in [0.5, 0.6) is 0 Å². The number of nitrogens with one attached hydrogen (secondary N) is 1. The Kier molecular flexibility index (Phi) is 5.65. The van der Waals surface area contributed by atoms with Crippen LogP contribution in [0.25, 0.3) is 0 Å². The molecule has 0 unspecified atom stereocenters. The van der Waals surface area contributed by atoms with Crippen molar-refractivity contribution in [2.75, 3.05) is 29.9 Å². The van der Waals surface area contributed by atoms with E-state index in [2.05, 4.69) is 5.32 Å². The van der Waals surface area contributed by atoms with Crippen LogP contribution in [-0.4, -0.2) is 36.5 Å². The second kappa shape index (κ2) is 8.31. The van der Waals surface area contributed by atoms with Crippen molar-refractivity contribution in [1.82, 2.24) is 0 Å². The van der Waals surface area contributed by atoms with Gasteiger partial charge in [-0.15, -0.1) is 0 Å². The molecule has 1 fully saturated rings. The Morgan fingerprint density at radius 2 is 1.81 bits per heavy atom. The van der Waals surface area contributed by atoms with Crippen LogP contribution in [0.2, 0.25) is 0 Å². The van der Waals surface area contributed by atoms with Crippen LogP contribution in [0.1, 0.15) is 23.2 Å². The first-order valence-corrected chi connectivity index (χ1v) is 8.60. The fourth-order valence-corrected chi connectivity index (χ4v) is 2.96. The summed E-state index contributed by atoms with van der Waals surface area (Å²) in [7, 11) is 0. The molecule has 1 saturated heterocycles. The number of hydrogen-bond donors (Lipinski definition) is 1. The van der Waals surface area contributed by atoms with Gasteiger partial charge in [0.15, 0.2) is 6.61 Å². The first-order valence-electron chi connectivity index (χ1n) is 8.60. The second-order valence-corrected chi connectivity index (χ2v) is 6.15. The molecule has 0 aromatic heterocycles. The smallest absolute Gasteiger partial charge is 0.338 e. The molecule has 1 N–H and O–H groups in total. The molecule has 8 nitrogen and oxygen atoms in total. The molecular weight excluding hydrogens is 350 g/mol. The van der Waals surface area contributed by atoms with Gasteiger partial charge in [-0.05, 0) is 37.1 Å². The number of nitro benzene ring substituents is 1. The largest absolute Gasteiger partial charge is 0.452 e. The Morgan fingerprint density at radius 1 is 1.11 bits per heavy atom. The highest BCUT2D eigenvalue weighted by Gasteiger charge is 2.24. The number of amides is 1. The van der Waals surface area contributed by atoms with Crippen molar-refractivity contribution in [1.29, 1.82) is 0 Å². The van der Waals surface area contributed by atoms with Gasteiger partial charge in [0, 0.05) is 24.8 Å². The van der Waals surface area contributed by atoms with Crippen LogP contribution in [0.3, 0.4) is 0 Å². The number of benzene rings is 2. The van der Waals surface area contributed by atoms with Crippen molar-refractivity contribution in [3.05, 3.63) is 64.2 Å². The van der Waals surface area contributed by atoms with E-state index in [1.807, 2.05) is 11.0 Å². The maximum absolute atomic E-state index is 12.2. The summed E-state index contributed by atoms with van der Waals surface area (Å²) in [5.74, 6) is -1.27. The Hall–Kier alpha value is -3.42. The van der Waals surface area contributed by atoms with Gasteiger partial charge < -0.3 is 15.0 Å². The molecule has 1 heterocycles. The summed E-state index contributed by atoms with van der Waals surface area (Å²) < 4.78 is 4.97. The third kappa shape index (κ3) is 4.60. The number of rotatable bonds is 6. The van der Waals surface area contributed by atoms with Crippen molar-refractivity contribution < 1.29 is 19.2 Å². The van der Waals surface area contributed by atoms with E-state index in [0.717, 1.165) is 25.9 Å². The summed E-state index contributed by atoms with van der Waals surface area (Å²) in [5, 5.41) is 14.0. The van der Waals surface area contributed by atoms with Crippen LogP contribution in [-0.2, 0) is 9.53 Å². The molecule has 0 radical (unpaired) electrons. The van der Waals surface area contributed by atoms with E-state index in [4.69, 9.17) is 4.74 Å². The fraction of sp³-hybridized carbons (Fsp3) is 0.263. The molecule has 2 aromatic rings. The van der Waals surface area contributed by atoms with E-state index in [9.17, 15) is 19.7 Å². The minimum absolute atomic E-state index is 0.0390. The van der Waals surface area contributed by atoms with E-state index in [0.29, 0.717) is 11.4 Å². The summed E-state index contributed by atoms with van der Waals surface area (Å²) in [5.41, 5.74) is 0.984. The van der Waals surface area contributed by atoms with Crippen LogP contribution in [0, 0.1) is 10.1 Å². The van der Waals surface area contributed by atoms with Crippen molar-refractivity contribution in [3.8, 4) is 0 Å². The first kappa shape index (κ1) is 18.4. The average molecular weight is 369 g/mol. The zero-order valence-electron chi connectivity index (χ0n) is 14.6. The highest BCUT2D eigenvalue weighted by atomic mass is 16.6. The van der Waals surface area contributed by atoms with Crippen molar-refractivity contribution in [3.63, 3.8) is 0 Å². The standard InChI is InChI=1S/C19H19N3O5/c23-18(20-15-6-2-1-3-7-15)13-27-19(24)14-8-9-16(17(12-14)22(25)26)21-10-4-5-11-21/h1-3,6-9,12H,4-5,10-11,13H2,(H,20,23). The molecule has 1 aliphatic heterocycles. The van der Waals surface area contributed by atoms with Gasteiger partial charge in [0.2, 0.25) is 0 Å². The Balaban J connectivity index is 1.64. The number of carbonyl (C=O) groups excluding carboxylic acids is 2.